The van der Waals surface area contributed by atoms with Crippen LogP contribution in [0, 0.1) is 6.92 Å². The Hall–Kier alpha value is -3.73. The summed E-state index contributed by atoms with van der Waals surface area (Å²) in [6.07, 6.45) is 0. The van der Waals surface area contributed by atoms with Crippen LogP contribution >= 0.6 is 0 Å². The first-order valence-electron chi connectivity index (χ1n) is 10.3. The van der Waals surface area contributed by atoms with Gasteiger partial charge in [-0.25, -0.2) is 4.79 Å². The van der Waals surface area contributed by atoms with E-state index in [0.29, 0.717) is 41.3 Å². The number of rotatable bonds is 8. The molecule has 0 N–H and O–H groups in total. The first-order chi connectivity index (χ1) is 15.2. The van der Waals surface area contributed by atoms with Gasteiger partial charge < -0.3 is 18.6 Å². The minimum atomic E-state index is -0.417. The van der Waals surface area contributed by atoms with Gasteiger partial charge in [-0.05, 0) is 49.7 Å². The lowest BCUT2D eigenvalue weighted by atomic mass is 10.1. The third kappa shape index (κ3) is 4.72. The molecule has 1 aromatic heterocycles. The van der Waals surface area contributed by atoms with Gasteiger partial charge in [0.15, 0.2) is 0 Å². The van der Waals surface area contributed by atoms with E-state index in [9.17, 15) is 4.79 Å². The minimum absolute atomic E-state index is 0.284. The van der Waals surface area contributed by atoms with E-state index in [2.05, 4.69) is 0 Å². The van der Waals surface area contributed by atoms with Crippen molar-refractivity contribution in [1.82, 2.24) is 0 Å². The predicted octanol–water partition coefficient (Wildman–Crippen LogP) is 6.04. The molecule has 0 saturated carbocycles. The number of ether oxygens (including phenoxy) is 3. The van der Waals surface area contributed by atoms with Crippen molar-refractivity contribution in [1.29, 1.82) is 0 Å². The second-order valence-electron chi connectivity index (χ2n) is 7.06. The van der Waals surface area contributed by atoms with Crippen LogP contribution in [0.15, 0.2) is 77.2 Å². The van der Waals surface area contributed by atoms with Crippen molar-refractivity contribution < 1.29 is 23.4 Å². The van der Waals surface area contributed by atoms with Crippen molar-refractivity contribution in [2.45, 2.75) is 13.8 Å². The molecule has 158 valence electrons. The summed E-state index contributed by atoms with van der Waals surface area (Å²) in [5, 5.41) is 0.661. The molecule has 0 unspecified atom stereocenters. The van der Waals surface area contributed by atoms with Gasteiger partial charge in [0.1, 0.15) is 41.6 Å². The van der Waals surface area contributed by atoms with Gasteiger partial charge in [-0.15, -0.1) is 0 Å². The molecule has 0 aliphatic carbocycles. The number of hydrogen-bond acceptors (Lipinski definition) is 5. The maximum absolute atomic E-state index is 12.7. The Morgan fingerprint density at radius 1 is 0.871 bits per heavy atom. The van der Waals surface area contributed by atoms with Crippen LogP contribution in [0.25, 0.3) is 22.3 Å². The highest BCUT2D eigenvalue weighted by atomic mass is 16.5. The highest BCUT2D eigenvalue weighted by Gasteiger charge is 2.23. The number of hydrogen-bond donors (Lipinski definition) is 0. The molecule has 1 heterocycles. The van der Waals surface area contributed by atoms with E-state index >= 15 is 0 Å². The van der Waals surface area contributed by atoms with Crippen LogP contribution in [0.1, 0.15) is 22.8 Å². The second-order valence-corrected chi connectivity index (χ2v) is 7.06. The summed E-state index contributed by atoms with van der Waals surface area (Å²) in [7, 11) is 0. The lowest BCUT2D eigenvalue weighted by Gasteiger charge is -2.09. The standard InChI is InChI=1S/C26H24O5/c1-3-28-26(27)24-22-17-21(30-15-14-29-20-11-7-8-18(2)16-20)12-13-23(22)31-25(24)19-9-5-4-6-10-19/h4-13,16-17H,3,14-15H2,1-2H3. The van der Waals surface area contributed by atoms with E-state index < -0.39 is 5.97 Å². The number of esters is 1. The van der Waals surface area contributed by atoms with E-state index in [1.54, 1.807) is 13.0 Å². The summed E-state index contributed by atoms with van der Waals surface area (Å²) in [6, 6.07) is 22.8. The number of benzene rings is 3. The smallest absolute Gasteiger partial charge is 0.342 e. The molecule has 0 bridgehead atoms. The van der Waals surface area contributed by atoms with Crippen molar-refractivity contribution in [3.8, 4) is 22.8 Å². The molecule has 4 aromatic rings. The summed E-state index contributed by atoms with van der Waals surface area (Å²) in [6.45, 7) is 4.87. The van der Waals surface area contributed by atoms with Gasteiger partial charge in [0.05, 0.1) is 6.61 Å². The second kappa shape index (κ2) is 9.39. The molecular weight excluding hydrogens is 392 g/mol. The molecule has 0 amide bonds. The molecule has 3 aromatic carbocycles. The summed E-state index contributed by atoms with van der Waals surface area (Å²) in [4.78, 5) is 12.7. The van der Waals surface area contributed by atoms with Crippen molar-refractivity contribution >= 4 is 16.9 Å². The summed E-state index contributed by atoms with van der Waals surface area (Å²) < 4.78 is 22.9. The van der Waals surface area contributed by atoms with Gasteiger partial charge >= 0.3 is 5.97 Å². The van der Waals surface area contributed by atoms with E-state index in [1.165, 1.54) is 0 Å². The first-order valence-corrected chi connectivity index (χ1v) is 10.3. The van der Waals surface area contributed by atoms with E-state index in [0.717, 1.165) is 16.9 Å². The molecule has 0 spiro atoms. The zero-order valence-corrected chi connectivity index (χ0v) is 17.6. The highest BCUT2D eigenvalue weighted by molar-refractivity contribution is 6.09. The van der Waals surface area contributed by atoms with Gasteiger partial charge in [0.2, 0.25) is 0 Å². The molecule has 0 aliphatic heterocycles. The van der Waals surface area contributed by atoms with Crippen LogP contribution in [0.3, 0.4) is 0 Å². The fraction of sp³-hybridized carbons (Fsp3) is 0.192. The average molecular weight is 416 g/mol. The van der Waals surface area contributed by atoms with Crippen molar-refractivity contribution in [3.05, 3.63) is 83.9 Å². The van der Waals surface area contributed by atoms with Crippen LogP contribution in [0.4, 0.5) is 0 Å². The Balaban J connectivity index is 1.56. The van der Waals surface area contributed by atoms with E-state index in [1.807, 2.05) is 73.7 Å². The molecule has 31 heavy (non-hydrogen) atoms. The zero-order valence-electron chi connectivity index (χ0n) is 17.6. The monoisotopic (exact) mass is 416 g/mol. The lowest BCUT2D eigenvalue weighted by Crippen LogP contribution is -2.09. The van der Waals surface area contributed by atoms with Crippen molar-refractivity contribution in [2.24, 2.45) is 0 Å². The van der Waals surface area contributed by atoms with Gasteiger partial charge in [-0.1, -0.05) is 42.5 Å². The number of carbonyl (C=O) groups is 1. The molecule has 0 atom stereocenters. The quantitative estimate of drug-likeness (QED) is 0.259. The summed E-state index contributed by atoms with van der Waals surface area (Å²) in [5.74, 6) is 1.52. The molecule has 0 radical (unpaired) electrons. The summed E-state index contributed by atoms with van der Waals surface area (Å²) >= 11 is 0. The molecule has 0 aliphatic rings. The van der Waals surface area contributed by atoms with Crippen molar-refractivity contribution in [2.75, 3.05) is 19.8 Å². The molecule has 0 saturated heterocycles. The topological polar surface area (TPSA) is 57.9 Å². The summed E-state index contributed by atoms with van der Waals surface area (Å²) in [5.41, 5.74) is 2.97. The maximum atomic E-state index is 12.7. The Bertz CT molecular complexity index is 1180. The molecule has 4 rings (SSSR count). The maximum Gasteiger partial charge on any atom is 0.342 e. The Morgan fingerprint density at radius 2 is 1.61 bits per heavy atom. The predicted molar refractivity (Wildman–Crippen MR) is 120 cm³/mol. The van der Waals surface area contributed by atoms with E-state index in [-0.39, 0.29) is 6.61 Å². The molecule has 0 fully saturated rings. The Morgan fingerprint density at radius 3 is 2.32 bits per heavy atom. The molecular formula is C26H24O5. The lowest BCUT2D eigenvalue weighted by molar-refractivity contribution is 0.0528. The van der Waals surface area contributed by atoms with Crippen LogP contribution in [-0.4, -0.2) is 25.8 Å². The normalized spacial score (nSPS) is 10.8. The molecule has 5 nitrogen and oxygen atoms in total. The highest BCUT2D eigenvalue weighted by Crippen LogP contribution is 2.36. The Labute approximate surface area is 181 Å². The van der Waals surface area contributed by atoms with Crippen LogP contribution < -0.4 is 9.47 Å². The van der Waals surface area contributed by atoms with Gasteiger partial charge in [0, 0.05) is 10.9 Å². The van der Waals surface area contributed by atoms with Gasteiger partial charge in [0.25, 0.3) is 0 Å². The Kier molecular flexibility index (Phi) is 6.22. The van der Waals surface area contributed by atoms with Gasteiger partial charge in [-0.3, -0.25) is 0 Å². The van der Waals surface area contributed by atoms with Crippen molar-refractivity contribution in [3.63, 3.8) is 0 Å². The number of aryl methyl sites for hydroxylation is 1. The van der Waals surface area contributed by atoms with Crippen LogP contribution in [-0.2, 0) is 4.74 Å². The number of fused-ring (bicyclic) bond motifs is 1. The largest absolute Gasteiger partial charge is 0.490 e. The minimum Gasteiger partial charge on any atom is -0.490 e. The average Bonchev–Trinajstić information content (AvgIpc) is 3.16. The third-order valence-electron chi connectivity index (χ3n) is 4.79. The fourth-order valence-electron chi connectivity index (χ4n) is 3.39. The van der Waals surface area contributed by atoms with Crippen LogP contribution in [0.2, 0.25) is 0 Å². The fourth-order valence-corrected chi connectivity index (χ4v) is 3.39. The third-order valence-corrected chi connectivity index (χ3v) is 4.79. The number of carbonyl (C=O) groups excluding carboxylic acids is 1. The SMILES string of the molecule is CCOC(=O)c1c(-c2ccccc2)oc2ccc(OCCOc3cccc(C)c3)cc12. The van der Waals surface area contributed by atoms with Gasteiger partial charge in [-0.2, -0.15) is 0 Å². The van der Waals surface area contributed by atoms with E-state index in [4.69, 9.17) is 18.6 Å². The number of furan rings is 1. The molecule has 5 heteroatoms. The zero-order chi connectivity index (χ0) is 21.6. The van der Waals surface area contributed by atoms with Crippen LogP contribution in [0.5, 0.6) is 11.5 Å². The first kappa shape index (κ1) is 20.5.